The molecule has 0 aromatic rings. The van der Waals surface area contributed by atoms with Crippen LogP contribution in [0, 0.1) is 57.7 Å². The van der Waals surface area contributed by atoms with E-state index in [0.29, 0.717) is 55.5 Å². The number of rotatable bonds is 10. The Kier molecular flexibility index (Phi) is 12.5. The molecule has 1 aliphatic heterocycles. The first-order valence-corrected chi connectivity index (χ1v) is 21.6. The van der Waals surface area contributed by atoms with Gasteiger partial charge >= 0.3 is 23.9 Å². The second kappa shape index (κ2) is 15.6. The van der Waals surface area contributed by atoms with Crippen molar-refractivity contribution >= 4 is 23.9 Å². The number of esters is 4. The number of aliphatic hydroxyl groups is 1. The summed E-state index contributed by atoms with van der Waals surface area (Å²) < 4.78 is 22.1. The summed E-state index contributed by atoms with van der Waals surface area (Å²) in [7, 11) is 0. The van der Waals surface area contributed by atoms with Crippen LogP contribution in [0.1, 0.15) is 172 Å². The van der Waals surface area contributed by atoms with Gasteiger partial charge < -0.3 is 24.1 Å². The quantitative estimate of drug-likeness (QED) is 0.172. The van der Waals surface area contributed by atoms with Crippen LogP contribution < -0.4 is 0 Å². The van der Waals surface area contributed by atoms with Crippen LogP contribution >= 0.6 is 0 Å². The lowest BCUT2D eigenvalue weighted by molar-refractivity contribution is -0.231. The molecule has 0 radical (unpaired) electrons. The third kappa shape index (κ3) is 8.71. The van der Waals surface area contributed by atoms with E-state index in [1.54, 1.807) is 13.8 Å². The van der Waals surface area contributed by atoms with E-state index in [1.807, 2.05) is 41.5 Å². The Labute approximate surface area is 326 Å². The molecule has 1 saturated heterocycles. The van der Waals surface area contributed by atoms with Crippen molar-refractivity contribution in [2.75, 3.05) is 6.61 Å². The second-order valence-corrected chi connectivity index (χ2v) is 21.0. The van der Waals surface area contributed by atoms with E-state index in [-0.39, 0.29) is 34.5 Å². The first-order valence-electron chi connectivity index (χ1n) is 21.6. The maximum absolute atomic E-state index is 12.8. The molecule has 9 nitrogen and oxygen atoms in total. The van der Waals surface area contributed by atoms with Crippen LogP contribution in [0.5, 0.6) is 0 Å². The zero-order valence-electron chi connectivity index (χ0n) is 35.6. The van der Waals surface area contributed by atoms with Gasteiger partial charge in [-0.1, -0.05) is 34.6 Å². The fraction of sp³-hybridized carbons (Fsp3) is 0.911. The number of cyclic esters (lactones) is 1. The third-order valence-corrected chi connectivity index (χ3v) is 15.3. The minimum absolute atomic E-state index is 0.0335. The molecule has 0 aromatic heterocycles. The molecule has 1 heterocycles. The van der Waals surface area contributed by atoms with Crippen LogP contribution in [0.3, 0.4) is 0 Å². The first-order chi connectivity index (χ1) is 25.0. The van der Waals surface area contributed by atoms with E-state index < -0.39 is 28.5 Å². The molecule has 308 valence electrons. The van der Waals surface area contributed by atoms with E-state index in [1.165, 1.54) is 38.5 Å². The van der Waals surface area contributed by atoms with Crippen LogP contribution in [-0.2, 0) is 38.1 Å². The van der Waals surface area contributed by atoms with Crippen molar-refractivity contribution in [2.24, 2.45) is 57.7 Å². The highest BCUT2D eigenvalue weighted by Gasteiger charge is 2.62. The van der Waals surface area contributed by atoms with E-state index in [4.69, 9.17) is 18.9 Å². The molecule has 9 aliphatic rings. The van der Waals surface area contributed by atoms with Crippen molar-refractivity contribution in [3.8, 4) is 0 Å². The molecule has 8 saturated carbocycles. The summed E-state index contributed by atoms with van der Waals surface area (Å²) in [5, 5.41) is 10.6. The van der Waals surface area contributed by atoms with Crippen LogP contribution in [0.4, 0.5) is 0 Å². The lowest BCUT2D eigenvalue weighted by Crippen LogP contribution is -2.63. The molecule has 8 aliphatic carbocycles. The molecule has 54 heavy (non-hydrogen) atoms. The standard InChI is InChI=1S/C19H32O2.C16H26O3.C10H16O4/c1-6-18(4,5)17(20)21-19(12(2)3)15-8-13-7-14(10-15)11-16(19)9-13;1-4-14(2,3)13(17)19-16-8-11-5-12(9-16)7-15(18,6-11)10-16;1-4-10(2,3)9(12)14-7-5-6-13-8(7)11/h12-16H,6-11H2,1-5H3;11-12,18H,4-10H2,1-3H3;7H,4-6H2,1-3H3. The van der Waals surface area contributed by atoms with Crippen LogP contribution in [-0.4, -0.2) is 58.5 Å². The summed E-state index contributed by atoms with van der Waals surface area (Å²) >= 11 is 0. The third-order valence-electron chi connectivity index (χ3n) is 15.3. The fourth-order valence-electron chi connectivity index (χ4n) is 11.3. The smallest absolute Gasteiger partial charge is 0.347 e. The molecule has 8 bridgehead atoms. The topological polar surface area (TPSA) is 125 Å². The number of hydrogen-bond acceptors (Lipinski definition) is 9. The van der Waals surface area contributed by atoms with Gasteiger partial charge in [0.1, 0.15) is 11.2 Å². The highest BCUT2D eigenvalue weighted by atomic mass is 16.6. The van der Waals surface area contributed by atoms with Gasteiger partial charge in [-0.25, -0.2) is 4.79 Å². The van der Waals surface area contributed by atoms with Crippen molar-refractivity contribution in [3.63, 3.8) is 0 Å². The minimum Gasteiger partial charge on any atom is -0.463 e. The zero-order valence-corrected chi connectivity index (χ0v) is 35.6. The van der Waals surface area contributed by atoms with Gasteiger partial charge in [0.05, 0.1) is 28.5 Å². The van der Waals surface area contributed by atoms with Crippen molar-refractivity contribution in [1.29, 1.82) is 0 Å². The number of carbonyl (C=O) groups is 4. The molecule has 9 rings (SSSR count). The molecular formula is C45H74O9. The number of ether oxygens (including phenoxy) is 4. The molecule has 0 amide bonds. The maximum Gasteiger partial charge on any atom is 0.347 e. The van der Waals surface area contributed by atoms with Crippen molar-refractivity contribution in [1.82, 2.24) is 0 Å². The van der Waals surface area contributed by atoms with E-state index in [0.717, 1.165) is 50.4 Å². The van der Waals surface area contributed by atoms with E-state index >= 15 is 0 Å². The zero-order chi connectivity index (χ0) is 40.1. The Hall–Kier alpha value is -2.16. The lowest BCUT2D eigenvalue weighted by Gasteiger charge is -2.62. The van der Waals surface area contributed by atoms with Crippen LogP contribution in [0.2, 0.25) is 0 Å². The van der Waals surface area contributed by atoms with Gasteiger partial charge in [0.25, 0.3) is 0 Å². The lowest BCUT2D eigenvalue weighted by atomic mass is 9.47. The summed E-state index contributed by atoms with van der Waals surface area (Å²) in [6.07, 6.45) is 14.4. The Morgan fingerprint density at radius 1 is 0.704 bits per heavy atom. The van der Waals surface area contributed by atoms with E-state index in [2.05, 4.69) is 20.8 Å². The van der Waals surface area contributed by atoms with Gasteiger partial charge in [-0.15, -0.1) is 0 Å². The van der Waals surface area contributed by atoms with Crippen molar-refractivity contribution in [3.05, 3.63) is 0 Å². The van der Waals surface area contributed by atoms with Gasteiger partial charge in [-0.05, 0) is 166 Å². The van der Waals surface area contributed by atoms with Gasteiger partial charge in [0.15, 0.2) is 0 Å². The highest BCUT2D eigenvalue weighted by Crippen LogP contribution is 2.62. The second-order valence-electron chi connectivity index (χ2n) is 21.0. The normalized spacial score (nSPS) is 37.5. The summed E-state index contributed by atoms with van der Waals surface area (Å²) in [4.78, 5) is 47.7. The largest absolute Gasteiger partial charge is 0.463 e. The van der Waals surface area contributed by atoms with Crippen LogP contribution in [0.25, 0.3) is 0 Å². The van der Waals surface area contributed by atoms with Gasteiger partial charge in [0, 0.05) is 12.8 Å². The number of carbonyl (C=O) groups excluding carboxylic acids is 4. The predicted molar refractivity (Wildman–Crippen MR) is 207 cm³/mol. The summed E-state index contributed by atoms with van der Waals surface area (Å²) in [5.41, 5.74) is -2.37. The number of hydrogen-bond donors (Lipinski definition) is 1. The average Bonchev–Trinajstić information content (AvgIpc) is 3.48. The molecule has 0 spiro atoms. The maximum atomic E-state index is 12.8. The van der Waals surface area contributed by atoms with Gasteiger partial charge in [-0.3, -0.25) is 14.4 Å². The Bertz CT molecular complexity index is 1350. The molecule has 9 heteroatoms. The predicted octanol–water partition coefficient (Wildman–Crippen LogP) is 9.15. The fourth-order valence-corrected chi connectivity index (χ4v) is 11.3. The summed E-state index contributed by atoms with van der Waals surface area (Å²) in [6.45, 7) is 22.5. The molecular weight excluding hydrogens is 684 g/mol. The first kappa shape index (κ1) is 43.0. The highest BCUT2D eigenvalue weighted by molar-refractivity contribution is 5.82. The Morgan fingerprint density at radius 3 is 1.56 bits per heavy atom. The average molecular weight is 759 g/mol. The molecule has 1 N–H and O–H groups in total. The molecule has 9 fully saturated rings. The van der Waals surface area contributed by atoms with Crippen molar-refractivity contribution in [2.45, 2.75) is 195 Å². The van der Waals surface area contributed by atoms with E-state index in [9.17, 15) is 24.3 Å². The Morgan fingerprint density at radius 2 is 1.15 bits per heavy atom. The van der Waals surface area contributed by atoms with Crippen molar-refractivity contribution < 1.29 is 43.2 Å². The van der Waals surface area contributed by atoms with Gasteiger partial charge in [0.2, 0.25) is 6.10 Å². The van der Waals surface area contributed by atoms with Gasteiger partial charge in [-0.2, -0.15) is 0 Å². The molecule has 3 atom stereocenters. The summed E-state index contributed by atoms with van der Waals surface area (Å²) in [6, 6.07) is 0. The minimum atomic E-state index is -0.687. The van der Waals surface area contributed by atoms with Crippen LogP contribution in [0.15, 0.2) is 0 Å². The monoisotopic (exact) mass is 759 g/mol. The molecule has 3 unspecified atom stereocenters. The summed E-state index contributed by atoms with van der Waals surface area (Å²) in [5.74, 6) is 3.81. The molecule has 0 aromatic carbocycles. The SMILES string of the molecule is CCC(C)(C)C(=O)OC1(C(C)C)C2CC3CC(C2)CC1C3.CCC(C)(C)C(=O)OC12CC3CC(CC(O)(C3)C1)C2.CCC(C)(C)C(=O)OC1CCOC1=O. The Balaban J connectivity index is 0.000000159.